The fourth-order valence-electron chi connectivity index (χ4n) is 3.77. The maximum absolute atomic E-state index is 12.7. The van der Waals surface area contributed by atoms with Gasteiger partial charge in [0.1, 0.15) is 0 Å². The molecule has 5 nitrogen and oxygen atoms in total. The number of nitrogens with zero attached hydrogens (tertiary/aromatic N) is 1. The maximum atomic E-state index is 12.7. The lowest BCUT2D eigenvalue weighted by atomic mass is 9.78. The maximum Gasteiger partial charge on any atom is 0.307 e. The number of hydrogen-bond donors (Lipinski definition) is 2. The quantitative estimate of drug-likeness (QED) is 0.436. The molecule has 8 heteroatoms. The minimum absolute atomic E-state index is 0.209. The van der Waals surface area contributed by atoms with Crippen LogP contribution in [-0.2, 0) is 15.3 Å². The molecule has 0 saturated heterocycles. The van der Waals surface area contributed by atoms with Crippen molar-refractivity contribution in [3.63, 3.8) is 0 Å². The summed E-state index contributed by atoms with van der Waals surface area (Å²) < 4.78 is 1.92. The van der Waals surface area contributed by atoms with Crippen molar-refractivity contribution in [3.05, 3.63) is 53.1 Å². The molecule has 4 rings (SSSR count). The molecule has 1 aromatic heterocycles. The Morgan fingerprint density at radius 3 is 2.70 bits per heavy atom. The number of aliphatic carboxylic acids is 1. The van der Waals surface area contributed by atoms with Crippen LogP contribution in [0.15, 0.2) is 46.8 Å². The fourth-order valence-corrected chi connectivity index (χ4v) is 6.17. The van der Waals surface area contributed by atoms with Crippen molar-refractivity contribution >= 4 is 62.5 Å². The van der Waals surface area contributed by atoms with Crippen LogP contribution in [0.3, 0.4) is 0 Å². The molecule has 30 heavy (non-hydrogen) atoms. The number of hydrogen-bond acceptors (Lipinski definition) is 5. The molecule has 1 heterocycles. The zero-order chi connectivity index (χ0) is 21.1. The topological polar surface area (TPSA) is 79.3 Å². The molecule has 3 aromatic rings. The predicted octanol–water partition coefficient (Wildman–Crippen LogP) is 6.07. The summed E-state index contributed by atoms with van der Waals surface area (Å²) >= 11 is 9.42. The lowest BCUT2D eigenvalue weighted by Gasteiger charge is -2.27. The lowest BCUT2D eigenvalue weighted by Crippen LogP contribution is -2.36. The van der Waals surface area contributed by atoms with Gasteiger partial charge in [0.15, 0.2) is 4.34 Å². The van der Waals surface area contributed by atoms with Crippen LogP contribution in [0.1, 0.15) is 31.2 Å². The van der Waals surface area contributed by atoms with Gasteiger partial charge in [-0.3, -0.25) is 9.59 Å². The number of carboxylic acid groups (broad SMARTS) is 1. The number of thiazole rings is 1. The van der Waals surface area contributed by atoms with E-state index in [9.17, 15) is 14.7 Å². The summed E-state index contributed by atoms with van der Waals surface area (Å²) in [6.45, 7) is 0. The number of carboxylic acids is 1. The van der Waals surface area contributed by atoms with Crippen molar-refractivity contribution < 1.29 is 14.7 Å². The molecule has 1 saturated carbocycles. The van der Waals surface area contributed by atoms with E-state index in [-0.39, 0.29) is 5.91 Å². The third kappa shape index (κ3) is 4.79. The standard InChI is InChI=1S/C22H21ClN2O3S2/c23-17-8-4-1-5-13(17)12-29-22-25-18-10-9-14(11-19(18)30-22)24-20(26)15-6-2-3-7-16(15)21(27)28/h1,4-5,8-11,15-16H,2-3,6-7,12H2,(H,24,26)(H,27,28)/t15-,16-/m1/s1. The normalized spacial score (nSPS) is 19.0. The number of carbonyl (C=O) groups excluding carboxylic acids is 1. The molecule has 2 atom stereocenters. The largest absolute Gasteiger partial charge is 0.481 e. The number of aromatic nitrogens is 1. The van der Waals surface area contributed by atoms with Gasteiger partial charge in [0.05, 0.1) is 22.1 Å². The molecular weight excluding hydrogens is 440 g/mol. The Labute approximate surface area is 187 Å². The van der Waals surface area contributed by atoms with Gasteiger partial charge in [0, 0.05) is 16.5 Å². The first kappa shape index (κ1) is 21.2. The smallest absolute Gasteiger partial charge is 0.307 e. The number of benzene rings is 2. The number of amides is 1. The molecule has 0 unspecified atom stereocenters. The second-order valence-electron chi connectivity index (χ2n) is 7.37. The molecule has 0 spiro atoms. The van der Waals surface area contributed by atoms with Gasteiger partial charge < -0.3 is 10.4 Å². The van der Waals surface area contributed by atoms with E-state index in [1.807, 2.05) is 42.5 Å². The van der Waals surface area contributed by atoms with Gasteiger partial charge in [-0.25, -0.2) is 4.98 Å². The van der Waals surface area contributed by atoms with Crippen LogP contribution in [0.25, 0.3) is 10.2 Å². The van der Waals surface area contributed by atoms with Crippen LogP contribution in [0.4, 0.5) is 5.69 Å². The number of halogens is 1. The van der Waals surface area contributed by atoms with Crippen molar-refractivity contribution in [2.24, 2.45) is 11.8 Å². The Kier molecular flexibility index (Phi) is 6.61. The summed E-state index contributed by atoms with van der Waals surface area (Å²) in [5, 5.41) is 13.1. The molecule has 0 aliphatic heterocycles. The molecular formula is C22H21ClN2O3S2. The van der Waals surface area contributed by atoms with Crippen molar-refractivity contribution in [2.45, 2.75) is 35.8 Å². The lowest BCUT2D eigenvalue weighted by molar-refractivity contribution is -0.147. The highest BCUT2D eigenvalue weighted by Gasteiger charge is 2.35. The molecule has 1 aliphatic rings. The van der Waals surface area contributed by atoms with Gasteiger partial charge in [-0.05, 0) is 42.7 Å². The van der Waals surface area contributed by atoms with Crippen LogP contribution in [0.5, 0.6) is 0 Å². The highest BCUT2D eigenvalue weighted by Crippen LogP contribution is 2.35. The second-order valence-corrected chi connectivity index (χ2v) is 10.0. The highest BCUT2D eigenvalue weighted by molar-refractivity contribution is 8.00. The first-order valence-electron chi connectivity index (χ1n) is 9.82. The van der Waals surface area contributed by atoms with E-state index in [1.165, 1.54) is 0 Å². The Hall–Kier alpha value is -2.09. The molecule has 1 aliphatic carbocycles. The third-order valence-electron chi connectivity index (χ3n) is 5.37. The van der Waals surface area contributed by atoms with Gasteiger partial charge >= 0.3 is 5.97 Å². The zero-order valence-electron chi connectivity index (χ0n) is 16.1. The zero-order valence-corrected chi connectivity index (χ0v) is 18.5. The number of rotatable bonds is 6. The van der Waals surface area contributed by atoms with Crippen LogP contribution in [0.2, 0.25) is 5.02 Å². The van der Waals surface area contributed by atoms with E-state index in [4.69, 9.17) is 11.6 Å². The Morgan fingerprint density at radius 1 is 1.17 bits per heavy atom. The fraction of sp³-hybridized carbons (Fsp3) is 0.318. The van der Waals surface area contributed by atoms with Gasteiger partial charge in [-0.2, -0.15) is 0 Å². The van der Waals surface area contributed by atoms with E-state index in [1.54, 1.807) is 23.1 Å². The minimum Gasteiger partial charge on any atom is -0.481 e. The summed E-state index contributed by atoms with van der Waals surface area (Å²) in [7, 11) is 0. The van der Waals surface area contributed by atoms with Crippen molar-refractivity contribution in [1.29, 1.82) is 0 Å². The first-order chi connectivity index (χ1) is 14.5. The molecule has 1 fully saturated rings. The number of carbonyl (C=O) groups is 2. The van der Waals surface area contributed by atoms with Crippen LogP contribution in [0, 0.1) is 11.8 Å². The molecule has 2 aromatic carbocycles. The predicted molar refractivity (Wildman–Crippen MR) is 122 cm³/mol. The molecule has 1 amide bonds. The summed E-state index contributed by atoms with van der Waals surface area (Å²) in [6, 6.07) is 13.4. The molecule has 0 radical (unpaired) electrons. The highest BCUT2D eigenvalue weighted by atomic mass is 35.5. The Bertz CT molecular complexity index is 1090. The Morgan fingerprint density at radius 2 is 1.93 bits per heavy atom. The third-order valence-corrected chi connectivity index (χ3v) is 7.94. The van der Waals surface area contributed by atoms with E-state index < -0.39 is 17.8 Å². The minimum atomic E-state index is -0.882. The first-order valence-corrected chi connectivity index (χ1v) is 12.0. The monoisotopic (exact) mass is 460 g/mol. The van der Waals surface area contributed by atoms with Crippen molar-refractivity contribution in [3.8, 4) is 0 Å². The van der Waals surface area contributed by atoms with Crippen LogP contribution >= 0.6 is 34.7 Å². The second kappa shape index (κ2) is 9.37. The van der Waals surface area contributed by atoms with E-state index in [2.05, 4.69) is 10.3 Å². The summed E-state index contributed by atoms with van der Waals surface area (Å²) in [6.07, 6.45) is 2.94. The van der Waals surface area contributed by atoms with Gasteiger partial charge in [0.25, 0.3) is 0 Å². The van der Waals surface area contributed by atoms with E-state index >= 15 is 0 Å². The van der Waals surface area contributed by atoms with Gasteiger partial charge in [-0.1, -0.05) is 54.4 Å². The summed E-state index contributed by atoms with van der Waals surface area (Å²) in [5.74, 6) is -1.43. The number of thioether (sulfide) groups is 1. The van der Waals surface area contributed by atoms with E-state index in [0.29, 0.717) is 18.5 Å². The average molecular weight is 461 g/mol. The number of anilines is 1. The number of fused-ring (bicyclic) bond motifs is 1. The van der Waals surface area contributed by atoms with Crippen molar-refractivity contribution in [2.75, 3.05) is 5.32 Å². The average Bonchev–Trinajstić information content (AvgIpc) is 3.15. The number of nitrogens with one attached hydrogen (secondary N) is 1. The van der Waals surface area contributed by atoms with Crippen LogP contribution in [-0.4, -0.2) is 22.0 Å². The van der Waals surface area contributed by atoms with Gasteiger partial charge in [0.2, 0.25) is 5.91 Å². The molecule has 0 bridgehead atoms. The van der Waals surface area contributed by atoms with Gasteiger partial charge in [-0.15, -0.1) is 11.3 Å². The van der Waals surface area contributed by atoms with Crippen LogP contribution < -0.4 is 5.32 Å². The molecule has 2 N–H and O–H groups in total. The van der Waals surface area contributed by atoms with E-state index in [0.717, 1.165) is 43.7 Å². The SMILES string of the molecule is O=C(O)[C@@H]1CCCC[C@H]1C(=O)Nc1ccc2nc(SCc3ccccc3Cl)sc2c1. The van der Waals surface area contributed by atoms with Crippen molar-refractivity contribution in [1.82, 2.24) is 4.98 Å². The molecule has 156 valence electrons. The summed E-state index contributed by atoms with van der Waals surface area (Å²) in [4.78, 5) is 28.8. The summed E-state index contributed by atoms with van der Waals surface area (Å²) in [5.41, 5.74) is 2.62. The Balaban J connectivity index is 1.45.